The molecule has 0 fully saturated rings. The number of hydrogen-bond acceptors (Lipinski definition) is 1. The Morgan fingerprint density at radius 1 is 1.25 bits per heavy atom. The van der Waals surface area contributed by atoms with Gasteiger partial charge in [0, 0.05) is 0 Å². The molecule has 0 aliphatic heterocycles. The maximum atomic E-state index is 9.19. The van der Waals surface area contributed by atoms with Gasteiger partial charge < -0.3 is 5.11 Å². The van der Waals surface area contributed by atoms with Crippen LogP contribution >= 0.6 is 0 Å². The highest BCUT2D eigenvalue weighted by Gasteiger charge is 2.04. The van der Waals surface area contributed by atoms with Gasteiger partial charge in [0.25, 0.3) is 0 Å². The molecule has 12 heavy (non-hydrogen) atoms. The lowest BCUT2D eigenvalue weighted by Crippen LogP contribution is -2.11. The van der Waals surface area contributed by atoms with Crippen molar-refractivity contribution in [1.82, 2.24) is 0 Å². The van der Waals surface area contributed by atoms with Gasteiger partial charge in [0.15, 0.2) is 0 Å². The van der Waals surface area contributed by atoms with Crippen molar-refractivity contribution in [2.45, 2.75) is 52.6 Å². The summed E-state index contributed by atoms with van der Waals surface area (Å²) < 4.78 is 0. The Morgan fingerprint density at radius 3 is 2.42 bits per heavy atom. The Morgan fingerprint density at radius 2 is 1.92 bits per heavy atom. The molecule has 1 nitrogen and oxygen atoms in total. The SMILES string of the molecule is CCCCC=CCC(C)C(C)O. The number of rotatable bonds is 6. The molecule has 0 amide bonds. The topological polar surface area (TPSA) is 20.2 Å². The van der Waals surface area contributed by atoms with E-state index in [-0.39, 0.29) is 6.10 Å². The minimum absolute atomic E-state index is 0.180. The van der Waals surface area contributed by atoms with E-state index in [1.165, 1.54) is 19.3 Å². The number of aliphatic hydroxyl groups is 1. The second-order valence-corrected chi connectivity index (χ2v) is 3.57. The maximum absolute atomic E-state index is 9.19. The van der Waals surface area contributed by atoms with Gasteiger partial charge in [0.05, 0.1) is 6.10 Å². The van der Waals surface area contributed by atoms with Gasteiger partial charge in [0.2, 0.25) is 0 Å². The van der Waals surface area contributed by atoms with Gasteiger partial charge in [-0.1, -0.05) is 38.8 Å². The molecule has 0 heterocycles. The van der Waals surface area contributed by atoms with E-state index < -0.39 is 0 Å². The van der Waals surface area contributed by atoms with Crippen LogP contribution < -0.4 is 0 Å². The highest BCUT2D eigenvalue weighted by Crippen LogP contribution is 2.08. The van der Waals surface area contributed by atoms with Gasteiger partial charge in [-0.05, 0) is 25.7 Å². The first-order chi connectivity index (χ1) is 5.68. The van der Waals surface area contributed by atoms with Crippen LogP contribution in [0.2, 0.25) is 0 Å². The Hall–Kier alpha value is -0.300. The second kappa shape index (κ2) is 7.35. The third kappa shape index (κ3) is 6.41. The largest absolute Gasteiger partial charge is 0.393 e. The Balaban J connectivity index is 3.33. The first-order valence-electron chi connectivity index (χ1n) is 5.01. The highest BCUT2D eigenvalue weighted by atomic mass is 16.3. The molecule has 0 saturated carbocycles. The minimum Gasteiger partial charge on any atom is -0.393 e. The summed E-state index contributed by atoms with van der Waals surface area (Å²) in [5.74, 6) is 0.392. The lowest BCUT2D eigenvalue weighted by molar-refractivity contribution is 0.136. The van der Waals surface area contributed by atoms with E-state index >= 15 is 0 Å². The molecule has 2 atom stereocenters. The molecule has 1 N–H and O–H groups in total. The third-order valence-corrected chi connectivity index (χ3v) is 2.22. The Bertz CT molecular complexity index is 116. The van der Waals surface area contributed by atoms with Crippen LogP contribution in [0.3, 0.4) is 0 Å². The van der Waals surface area contributed by atoms with E-state index in [2.05, 4.69) is 26.0 Å². The number of aliphatic hydroxyl groups excluding tert-OH is 1. The van der Waals surface area contributed by atoms with Crippen LogP contribution in [0.1, 0.15) is 46.5 Å². The molecular weight excluding hydrogens is 148 g/mol. The third-order valence-electron chi connectivity index (χ3n) is 2.22. The van der Waals surface area contributed by atoms with Gasteiger partial charge in [-0.25, -0.2) is 0 Å². The molecule has 0 spiro atoms. The van der Waals surface area contributed by atoms with Crippen molar-refractivity contribution in [1.29, 1.82) is 0 Å². The van der Waals surface area contributed by atoms with E-state index in [1.54, 1.807) is 0 Å². The van der Waals surface area contributed by atoms with Gasteiger partial charge in [0.1, 0.15) is 0 Å². The van der Waals surface area contributed by atoms with Crippen LogP contribution in [-0.4, -0.2) is 11.2 Å². The summed E-state index contributed by atoms with van der Waals surface area (Å²) in [6, 6.07) is 0. The van der Waals surface area contributed by atoms with E-state index in [0.717, 1.165) is 6.42 Å². The summed E-state index contributed by atoms with van der Waals surface area (Å²) in [7, 11) is 0. The first kappa shape index (κ1) is 11.7. The van der Waals surface area contributed by atoms with Crippen LogP contribution in [0, 0.1) is 5.92 Å². The Labute approximate surface area is 76.5 Å². The van der Waals surface area contributed by atoms with Crippen LogP contribution in [-0.2, 0) is 0 Å². The summed E-state index contributed by atoms with van der Waals surface area (Å²) in [5.41, 5.74) is 0. The zero-order valence-electron chi connectivity index (χ0n) is 8.59. The lowest BCUT2D eigenvalue weighted by atomic mass is 10.0. The van der Waals surface area contributed by atoms with Gasteiger partial charge in [-0.3, -0.25) is 0 Å². The molecule has 0 rings (SSSR count). The molecule has 0 aromatic carbocycles. The average Bonchev–Trinajstić information content (AvgIpc) is 2.03. The van der Waals surface area contributed by atoms with Crippen LogP contribution in [0.4, 0.5) is 0 Å². The fraction of sp³-hybridized carbons (Fsp3) is 0.818. The van der Waals surface area contributed by atoms with E-state index in [0.29, 0.717) is 5.92 Å². The van der Waals surface area contributed by atoms with Crippen molar-refractivity contribution in [3.8, 4) is 0 Å². The summed E-state index contributed by atoms with van der Waals surface area (Å²) in [6.07, 6.45) is 8.95. The number of allylic oxidation sites excluding steroid dienone is 2. The van der Waals surface area contributed by atoms with Crippen molar-refractivity contribution in [2.75, 3.05) is 0 Å². The fourth-order valence-electron chi connectivity index (χ4n) is 0.948. The van der Waals surface area contributed by atoms with Crippen molar-refractivity contribution in [2.24, 2.45) is 5.92 Å². The molecular formula is C11H22O. The molecule has 2 unspecified atom stereocenters. The van der Waals surface area contributed by atoms with Crippen LogP contribution in [0.15, 0.2) is 12.2 Å². The van der Waals surface area contributed by atoms with Gasteiger partial charge >= 0.3 is 0 Å². The molecule has 0 radical (unpaired) electrons. The molecule has 0 aliphatic carbocycles. The molecule has 0 aliphatic rings. The van der Waals surface area contributed by atoms with E-state index in [9.17, 15) is 5.11 Å². The van der Waals surface area contributed by atoms with Crippen molar-refractivity contribution in [3.63, 3.8) is 0 Å². The molecule has 0 saturated heterocycles. The van der Waals surface area contributed by atoms with E-state index in [1.807, 2.05) is 6.92 Å². The van der Waals surface area contributed by atoms with Crippen molar-refractivity contribution >= 4 is 0 Å². The van der Waals surface area contributed by atoms with Crippen LogP contribution in [0.5, 0.6) is 0 Å². The molecule has 72 valence electrons. The zero-order valence-corrected chi connectivity index (χ0v) is 8.59. The molecule has 0 aromatic rings. The average molecular weight is 170 g/mol. The summed E-state index contributed by atoms with van der Waals surface area (Å²) in [6.45, 7) is 6.13. The lowest BCUT2D eigenvalue weighted by Gasteiger charge is -2.10. The predicted molar refractivity (Wildman–Crippen MR) is 54.1 cm³/mol. The summed E-state index contributed by atoms with van der Waals surface area (Å²) in [5, 5.41) is 9.19. The fourth-order valence-corrected chi connectivity index (χ4v) is 0.948. The van der Waals surface area contributed by atoms with Gasteiger partial charge in [-0.15, -0.1) is 0 Å². The molecule has 0 aromatic heterocycles. The molecule has 0 bridgehead atoms. The van der Waals surface area contributed by atoms with Gasteiger partial charge in [-0.2, -0.15) is 0 Å². The van der Waals surface area contributed by atoms with E-state index in [4.69, 9.17) is 0 Å². The van der Waals surface area contributed by atoms with Crippen LogP contribution in [0.25, 0.3) is 0 Å². The normalized spacial score (nSPS) is 16.7. The Kier molecular flexibility index (Phi) is 7.17. The second-order valence-electron chi connectivity index (χ2n) is 3.57. The standard InChI is InChI=1S/C11H22O/c1-4-5-6-7-8-9-10(2)11(3)12/h7-8,10-12H,4-6,9H2,1-3H3. The highest BCUT2D eigenvalue weighted by molar-refractivity contribution is 4.83. The number of unbranched alkanes of at least 4 members (excludes halogenated alkanes) is 2. The van der Waals surface area contributed by atoms with Crippen molar-refractivity contribution in [3.05, 3.63) is 12.2 Å². The predicted octanol–water partition coefficient (Wildman–Crippen LogP) is 3.14. The zero-order chi connectivity index (χ0) is 9.40. The quantitative estimate of drug-likeness (QED) is 0.479. The minimum atomic E-state index is -0.180. The van der Waals surface area contributed by atoms with Crippen molar-refractivity contribution < 1.29 is 5.11 Å². The summed E-state index contributed by atoms with van der Waals surface area (Å²) >= 11 is 0. The maximum Gasteiger partial charge on any atom is 0.0540 e. The number of hydrogen-bond donors (Lipinski definition) is 1. The smallest absolute Gasteiger partial charge is 0.0540 e. The first-order valence-corrected chi connectivity index (χ1v) is 5.01. The summed E-state index contributed by atoms with van der Waals surface area (Å²) in [4.78, 5) is 0. The molecule has 1 heteroatoms. The monoisotopic (exact) mass is 170 g/mol.